The normalized spacial score (nSPS) is 32.9. The van der Waals surface area contributed by atoms with Crippen molar-refractivity contribution in [2.45, 2.75) is 57.5 Å². The first-order valence-electron chi connectivity index (χ1n) is 6.76. The molecule has 0 aromatic heterocycles. The Labute approximate surface area is 107 Å². The molecular weight excluding hydrogens is 232 g/mol. The molecule has 18 heavy (non-hydrogen) atoms. The van der Waals surface area contributed by atoms with Crippen molar-refractivity contribution in [2.75, 3.05) is 0 Å². The molecule has 5 heteroatoms. The number of urea groups is 1. The molecule has 2 fully saturated rings. The molecule has 0 spiro atoms. The van der Waals surface area contributed by atoms with Crippen molar-refractivity contribution in [2.24, 2.45) is 11.8 Å². The van der Waals surface area contributed by atoms with Gasteiger partial charge in [0, 0.05) is 6.04 Å². The van der Waals surface area contributed by atoms with Gasteiger partial charge in [-0.1, -0.05) is 13.3 Å². The highest BCUT2D eigenvalue weighted by Gasteiger charge is 2.41. The highest BCUT2D eigenvalue weighted by atomic mass is 16.4. The smallest absolute Gasteiger partial charge is 0.329 e. The van der Waals surface area contributed by atoms with Crippen LogP contribution in [0.2, 0.25) is 0 Å². The fourth-order valence-electron chi connectivity index (χ4n) is 3.17. The van der Waals surface area contributed by atoms with E-state index in [0.717, 1.165) is 12.3 Å². The van der Waals surface area contributed by atoms with Crippen LogP contribution in [0.3, 0.4) is 0 Å². The summed E-state index contributed by atoms with van der Waals surface area (Å²) in [5, 5.41) is 14.6. The number of hydrogen-bond donors (Lipinski definition) is 3. The molecule has 2 saturated carbocycles. The van der Waals surface area contributed by atoms with E-state index in [1.807, 2.05) is 0 Å². The van der Waals surface area contributed by atoms with Crippen molar-refractivity contribution >= 4 is 12.0 Å². The summed E-state index contributed by atoms with van der Waals surface area (Å²) >= 11 is 0. The Morgan fingerprint density at radius 3 is 2.50 bits per heavy atom. The number of carboxylic acid groups (broad SMARTS) is 1. The molecule has 2 bridgehead atoms. The average molecular weight is 254 g/mol. The largest absolute Gasteiger partial charge is 0.480 e. The lowest BCUT2D eigenvalue weighted by Gasteiger charge is -2.28. The molecular formula is C13H22N2O3. The summed E-state index contributed by atoms with van der Waals surface area (Å²) in [5.74, 6) is 0.365. The van der Waals surface area contributed by atoms with Gasteiger partial charge in [0.05, 0.1) is 0 Å². The summed E-state index contributed by atoms with van der Waals surface area (Å²) in [7, 11) is 0. The number of nitrogens with one attached hydrogen (secondary N) is 2. The maximum absolute atomic E-state index is 11.9. The molecule has 2 aliphatic carbocycles. The number of carbonyl (C=O) groups excluding carboxylic acids is 1. The van der Waals surface area contributed by atoms with Gasteiger partial charge in [0.15, 0.2) is 0 Å². The van der Waals surface area contributed by atoms with Gasteiger partial charge < -0.3 is 15.7 Å². The molecule has 3 N–H and O–H groups in total. The van der Waals surface area contributed by atoms with Crippen LogP contribution in [-0.4, -0.2) is 28.7 Å². The first-order valence-corrected chi connectivity index (χ1v) is 6.76. The second-order valence-electron chi connectivity index (χ2n) is 5.87. The first-order chi connectivity index (χ1) is 8.44. The van der Waals surface area contributed by atoms with Crippen LogP contribution in [0.5, 0.6) is 0 Å². The standard InChI is InChI=1S/C13H22N2O3/c1-3-13(2,11(16)17)15-12(18)14-10-7-8-4-5-9(10)6-8/h8-10H,3-7H2,1-2H3,(H,16,17)(H2,14,15,18). The van der Waals surface area contributed by atoms with E-state index in [9.17, 15) is 9.59 Å². The Morgan fingerprint density at radius 2 is 2.06 bits per heavy atom. The minimum atomic E-state index is -1.18. The molecule has 0 aliphatic heterocycles. The molecule has 2 aliphatic rings. The monoisotopic (exact) mass is 254 g/mol. The number of fused-ring (bicyclic) bond motifs is 2. The molecule has 102 valence electrons. The van der Waals surface area contributed by atoms with Gasteiger partial charge in [-0.05, 0) is 44.4 Å². The lowest BCUT2D eigenvalue weighted by molar-refractivity contribution is -0.143. The summed E-state index contributed by atoms with van der Waals surface area (Å²) in [5.41, 5.74) is -1.18. The van der Waals surface area contributed by atoms with E-state index in [0.29, 0.717) is 12.3 Å². The molecule has 2 rings (SSSR count). The fraction of sp³-hybridized carbons (Fsp3) is 0.846. The van der Waals surface area contributed by atoms with Crippen molar-refractivity contribution in [3.05, 3.63) is 0 Å². The van der Waals surface area contributed by atoms with Crippen LogP contribution in [0.4, 0.5) is 4.79 Å². The Kier molecular flexibility index (Phi) is 3.50. The minimum Gasteiger partial charge on any atom is -0.480 e. The number of aliphatic carboxylic acids is 1. The van der Waals surface area contributed by atoms with E-state index < -0.39 is 11.5 Å². The van der Waals surface area contributed by atoms with Crippen LogP contribution in [-0.2, 0) is 4.79 Å². The molecule has 0 aromatic carbocycles. The summed E-state index contributed by atoms with van der Waals surface area (Å²) in [4.78, 5) is 23.0. The molecule has 5 nitrogen and oxygen atoms in total. The lowest BCUT2D eigenvalue weighted by Crippen LogP contribution is -2.56. The number of hydrogen-bond acceptors (Lipinski definition) is 2. The molecule has 2 amide bonds. The van der Waals surface area contributed by atoms with Crippen molar-refractivity contribution in [3.8, 4) is 0 Å². The number of amides is 2. The van der Waals surface area contributed by atoms with Crippen molar-refractivity contribution < 1.29 is 14.7 Å². The van der Waals surface area contributed by atoms with E-state index in [1.54, 1.807) is 6.92 Å². The van der Waals surface area contributed by atoms with Gasteiger partial charge in [-0.15, -0.1) is 0 Å². The SMILES string of the molecule is CCC(C)(NC(=O)NC1CC2CCC1C2)C(=O)O. The molecule has 0 radical (unpaired) electrons. The van der Waals surface area contributed by atoms with Gasteiger partial charge in [0.2, 0.25) is 0 Å². The number of carboxylic acids is 1. The van der Waals surface area contributed by atoms with E-state index in [-0.39, 0.29) is 12.1 Å². The molecule has 0 heterocycles. The van der Waals surface area contributed by atoms with Crippen LogP contribution in [0, 0.1) is 11.8 Å². The molecule has 4 atom stereocenters. The van der Waals surface area contributed by atoms with Gasteiger partial charge in [0.25, 0.3) is 0 Å². The Balaban J connectivity index is 1.87. The number of rotatable bonds is 4. The fourth-order valence-corrected chi connectivity index (χ4v) is 3.17. The quantitative estimate of drug-likeness (QED) is 0.715. The average Bonchev–Trinajstić information content (AvgIpc) is 2.90. The topological polar surface area (TPSA) is 78.4 Å². The third-order valence-corrected chi connectivity index (χ3v) is 4.62. The van der Waals surface area contributed by atoms with Crippen molar-refractivity contribution in [1.29, 1.82) is 0 Å². The highest BCUT2D eigenvalue weighted by Crippen LogP contribution is 2.44. The van der Waals surface area contributed by atoms with E-state index in [1.165, 1.54) is 26.2 Å². The maximum Gasteiger partial charge on any atom is 0.329 e. The van der Waals surface area contributed by atoms with E-state index in [2.05, 4.69) is 10.6 Å². The van der Waals surface area contributed by atoms with Crippen LogP contribution in [0.1, 0.15) is 46.0 Å². The predicted molar refractivity (Wildman–Crippen MR) is 67.2 cm³/mol. The molecule has 0 saturated heterocycles. The first kappa shape index (κ1) is 13.2. The van der Waals surface area contributed by atoms with Gasteiger partial charge >= 0.3 is 12.0 Å². The molecule has 4 unspecified atom stereocenters. The number of carbonyl (C=O) groups is 2. The zero-order valence-electron chi connectivity index (χ0n) is 11.0. The van der Waals surface area contributed by atoms with Crippen molar-refractivity contribution in [3.63, 3.8) is 0 Å². The second kappa shape index (κ2) is 4.78. The third-order valence-electron chi connectivity index (χ3n) is 4.62. The summed E-state index contributed by atoms with van der Waals surface area (Å²) < 4.78 is 0. The zero-order chi connectivity index (χ0) is 13.3. The summed E-state index contributed by atoms with van der Waals surface area (Å²) in [6.07, 6.45) is 5.11. The van der Waals surface area contributed by atoms with Crippen molar-refractivity contribution in [1.82, 2.24) is 10.6 Å². The third kappa shape index (κ3) is 2.44. The lowest BCUT2D eigenvalue weighted by atomic mass is 9.95. The predicted octanol–water partition coefficient (Wildman–Crippen LogP) is 1.73. The van der Waals surface area contributed by atoms with Gasteiger partial charge in [-0.3, -0.25) is 0 Å². The second-order valence-corrected chi connectivity index (χ2v) is 5.87. The Bertz CT molecular complexity index is 358. The van der Waals surface area contributed by atoms with E-state index >= 15 is 0 Å². The van der Waals surface area contributed by atoms with Gasteiger partial charge in [-0.2, -0.15) is 0 Å². The van der Waals surface area contributed by atoms with Crippen LogP contribution < -0.4 is 10.6 Å². The summed E-state index contributed by atoms with van der Waals surface area (Å²) in [6, 6.07) is -0.113. The maximum atomic E-state index is 11.9. The zero-order valence-corrected chi connectivity index (χ0v) is 11.0. The van der Waals surface area contributed by atoms with Gasteiger partial charge in [-0.25, -0.2) is 9.59 Å². The van der Waals surface area contributed by atoms with Crippen LogP contribution in [0.25, 0.3) is 0 Å². The highest BCUT2D eigenvalue weighted by molar-refractivity contribution is 5.85. The van der Waals surface area contributed by atoms with E-state index in [4.69, 9.17) is 5.11 Å². The molecule has 0 aromatic rings. The van der Waals surface area contributed by atoms with Crippen LogP contribution >= 0.6 is 0 Å². The van der Waals surface area contributed by atoms with Gasteiger partial charge in [0.1, 0.15) is 5.54 Å². The Morgan fingerprint density at radius 1 is 1.33 bits per heavy atom. The van der Waals surface area contributed by atoms with Crippen LogP contribution in [0.15, 0.2) is 0 Å². The minimum absolute atomic E-state index is 0.235. The summed E-state index contributed by atoms with van der Waals surface area (Å²) in [6.45, 7) is 3.29. The Hall–Kier alpha value is -1.26.